The molecule has 2 aromatic rings. The van der Waals surface area contributed by atoms with E-state index < -0.39 is 28.0 Å². The number of thioether (sulfide) groups is 2. The van der Waals surface area contributed by atoms with Crippen LogP contribution < -0.4 is 11.1 Å². The Morgan fingerprint density at radius 3 is 3.00 bits per heavy atom. The molecular weight excluding hydrogens is 514 g/mol. The average molecular weight is 536 g/mol. The molecule has 2 aromatic heterocycles. The average Bonchev–Trinajstić information content (AvgIpc) is 3.29. The topological polar surface area (TPSA) is 173 Å². The SMILES string of the molecule is CCON=C(C(=O)NC1C(=O)N2CC(SC=Cc3cccnc3)(C(=O)O)CS[C@H]12)c1nsc(N)n1. The molecule has 2 fully saturated rings. The summed E-state index contributed by atoms with van der Waals surface area (Å²) in [6.07, 6.45) is 5.10. The lowest BCUT2D eigenvalue weighted by molar-refractivity contribution is -0.151. The van der Waals surface area contributed by atoms with Crippen LogP contribution >= 0.6 is 35.1 Å². The van der Waals surface area contributed by atoms with E-state index in [1.807, 2.05) is 6.07 Å². The largest absolute Gasteiger partial charge is 0.480 e. The van der Waals surface area contributed by atoms with Crippen LogP contribution in [0.15, 0.2) is 35.1 Å². The fraction of sp³-hybridized carbons (Fsp3) is 0.350. The molecule has 0 saturated carbocycles. The number of β-lactam (4-membered cyclic amide) rings is 1. The number of anilines is 1. The summed E-state index contributed by atoms with van der Waals surface area (Å²) in [6.45, 7) is 1.93. The first-order valence-corrected chi connectivity index (χ1v) is 13.0. The lowest BCUT2D eigenvalue weighted by Crippen LogP contribution is -2.74. The van der Waals surface area contributed by atoms with Gasteiger partial charge in [0.15, 0.2) is 5.13 Å². The van der Waals surface area contributed by atoms with Crippen LogP contribution in [-0.4, -0.2) is 82.9 Å². The molecule has 2 unspecified atom stereocenters. The Kier molecular flexibility index (Phi) is 7.57. The number of carboxylic acid groups (broad SMARTS) is 1. The Morgan fingerprint density at radius 2 is 2.34 bits per heavy atom. The van der Waals surface area contributed by atoms with Gasteiger partial charge in [-0.15, -0.1) is 23.5 Å². The number of rotatable bonds is 9. The zero-order valence-electron chi connectivity index (χ0n) is 18.4. The number of carbonyl (C=O) groups is 3. The van der Waals surface area contributed by atoms with Gasteiger partial charge in [-0.05, 0) is 30.0 Å². The van der Waals surface area contributed by atoms with Gasteiger partial charge in [0.1, 0.15) is 22.8 Å². The van der Waals surface area contributed by atoms with Crippen molar-refractivity contribution in [3.63, 3.8) is 0 Å². The second-order valence-corrected chi connectivity index (χ2v) is 10.6. The van der Waals surface area contributed by atoms with Gasteiger partial charge < -0.3 is 25.9 Å². The van der Waals surface area contributed by atoms with Crippen LogP contribution in [0.4, 0.5) is 5.13 Å². The molecule has 2 aliphatic rings. The second kappa shape index (κ2) is 10.6. The summed E-state index contributed by atoms with van der Waals surface area (Å²) in [5.41, 5.74) is 6.25. The van der Waals surface area contributed by atoms with Gasteiger partial charge in [-0.25, -0.2) is 0 Å². The minimum Gasteiger partial charge on any atom is -0.480 e. The maximum atomic E-state index is 12.9. The number of aromatic nitrogens is 3. The number of nitrogens with two attached hydrogens (primary N) is 1. The van der Waals surface area contributed by atoms with Crippen LogP contribution in [0.25, 0.3) is 6.08 Å². The van der Waals surface area contributed by atoms with Gasteiger partial charge in [-0.1, -0.05) is 11.2 Å². The molecule has 4 N–H and O–H groups in total. The van der Waals surface area contributed by atoms with Crippen molar-refractivity contribution in [3.05, 3.63) is 41.3 Å². The Balaban J connectivity index is 1.42. The van der Waals surface area contributed by atoms with Crippen molar-refractivity contribution in [2.24, 2.45) is 5.16 Å². The van der Waals surface area contributed by atoms with Crippen LogP contribution in [0.1, 0.15) is 18.3 Å². The molecule has 0 aliphatic carbocycles. The van der Waals surface area contributed by atoms with Crippen LogP contribution in [0.3, 0.4) is 0 Å². The number of nitrogen functional groups attached to an aromatic ring is 1. The van der Waals surface area contributed by atoms with Crippen molar-refractivity contribution in [3.8, 4) is 0 Å². The third-order valence-electron chi connectivity index (χ3n) is 5.12. The lowest BCUT2D eigenvalue weighted by Gasteiger charge is -2.53. The van der Waals surface area contributed by atoms with Crippen molar-refractivity contribution in [2.75, 3.05) is 24.6 Å². The summed E-state index contributed by atoms with van der Waals surface area (Å²) in [5.74, 6) is -1.82. The Labute approximate surface area is 212 Å². The van der Waals surface area contributed by atoms with E-state index in [0.29, 0.717) is 0 Å². The van der Waals surface area contributed by atoms with Crippen molar-refractivity contribution in [2.45, 2.75) is 23.1 Å². The number of oxime groups is 1. The van der Waals surface area contributed by atoms with E-state index in [9.17, 15) is 19.5 Å². The van der Waals surface area contributed by atoms with E-state index in [2.05, 4.69) is 24.8 Å². The maximum absolute atomic E-state index is 12.9. The number of nitrogens with zero attached hydrogens (tertiary/aromatic N) is 5. The zero-order valence-corrected chi connectivity index (χ0v) is 20.8. The summed E-state index contributed by atoms with van der Waals surface area (Å²) < 4.78 is 2.77. The standard InChI is InChI=1S/C20H21N7O5S3/c1-2-32-25-12(14-24-19(21)35-26-14)15(28)23-13-16(29)27-9-20(18(30)31,10-33-17(13)27)34-7-5-11-4-3-6-22-8-11/h3-8,13,17H,2,9-10H2,1H3,(H,23,28)(H,30,31)(H2,21,24,26)/t13?,17-,20?/m1/s1. The number of fused-ring (bicyclic) bond motifs is 1. The molecule has 15 heteroatoms. The summed E-state index contributed by atoms with van der Waals surface area (Å²) in [4.78, 5) is 52.4. The predicted octanol–water partition coefficient (Wildman–Crippen LogP) is 0.883. The highest BCUT2D eigenvalue weighted by molar-refractivity contribution is 8.06. The van der Waals surface area contributed by atoms with E-state index in [0.717, 1.165) is 28.9 Å². The number of aliphatic carboxylic acids is 1. The summed E-state index contributed by atoms with van der Waals surface area (Å²) in [6, 6.07) is 2.81. The number of nitrogens with one attached hydrogen (secondary N) is 1. The third kappa shape index (κ3) is 5.26. The van der Waals surface area contributed by atoms with Crippen LogP contribution in [0.5, 0.6) is 0 Å². The van der Waals surface area contributed by atoms with E-state index >= 15 is 0 Å². The van der Waals surface area contributed by atoms with Gasteiger partial charge in [-0.3, -0.25) is 19.4 Å². The molecule has 3 atom stereocenters. The normalized spacial score (nSPS) is 24.1. The highest BCUT2D eigenvalue weighted by Crippen LogP contribution is 2.44. The van der Waals surface area contributed by atoms with Gasteiger partial charge in [0.05, 0.1) is 0 Å². The van der Waals surface area contributed by atoms with E-state index in [-0.39, 0.29) is 41.5 Å². The molecule has 0 radical (unpaired) electrons. The minimum atomic E-state index is -1.21. The highest BCUT2D eigenvalue weighted by Gasteiger charge is 2.57. The first-order chi connectivity index (χ1) is 16.8. The minimum absolute atomic E-state index is 0.0000678. The number of hydrogen-bond acceptors (Lipinski definition) is 12. The van der Waals surface area contributed by atoms with Crippen molar-refractivity contribution < 1.29 is 24.3 Å². The summed E-state index contributed by atoms with van der Waals surface area (Å²) >= 11 is 3.35. The molecule has 4 heterocycles. The Bertz CT molecular complexity index is 1170. The monoisotopic (exact) mass is 535 g/mol. The molecule has 0 bridgehead atoms. The van der Waals surface area contributed by atoms with E-state index in [1.165, 1.54) is 16.7 Å². The molecule has 12 nitrogen and oxygen atoms in total. The molecule has 4 rings (SSSR count). The zero-order chi connectivity index (χ0) is 25.0. The van der Waals surface area contributed by atoms with Gasteiger partial charge in [0.2, 0.25) is 17.4 Å². The van der Waals surface area contributed by atoms with Crippen LogP contribution in [0, 0.1) is 0 Å². The number of pyridine rings is 1. The van der Waals surface area contributed by atoms with Gasteiger partial charge >= 0.3 is 5.97 Å². The van der Waals surface area contributed by atoms with Gasteiger partial charge in [0.25, 0.3) is 5.91 Å². The summed E-state index contributed by atoms with van der Waals surface area (Å²) in [7, 11) is 0. The summed E-state index contributed by atoms with van der Waals surface area (Å²) in [5, 5.41) is 17.8. The molecule has 35 heavy (non-hydrogen) atoms. The predicted molar refractivity (Wildman–Crippen MR) is 134 cm³/mol. The fourth-order valence-corrected chi connectivity index (χ4v) is 6.48. The maximum Gasteiger partial charge on any atom is 0.322 e. The smallest absolute Gasteiger partial charge is 0.322 e. The Morgan fingerprint density at radius 1 is 1.51 bits per heavy atom. The molecule has 2 amide bonds. The molecular formula is C20H21N7O5S3. The first-order valence-electron chi connectivity index (χ1n) is 10.3. The van der Waals surface area contributed by atoms with Crippen LogP contribution in [0.2, 0.25) is 0 Å². The quantitative estimate of drug-likeness (QED) is 0.236. The molecule has 0 aromatic carbocycles. The molecule has 2 aliphatic heterocycles. The van der Waals surface area contributed by atoms with Crippen molar-refractivity contribution in [1.29, 1.82) is 0 Å². The lowest BCUT2D eigenvalue weighted by atomic mass is 10.0. The van der Waals surface area contributed by atoms with E-state index in [4.69, 9.17) is 10.6 Å². The fourth-order valence-electron chi connectivity index (χ4n) is 3.37. The van der Waals surface area contributed by atoms with Crippen molar-refractivity contribution >= 4 is 69.8 Å². The number of hydrogen-bond donors (Lipinski definition) is 3. The number of carboxylic acids is 1. The van der Waals surface area contributed by atoms with Crippen molar-refractivity contribution in [1.82, 2.24) is 24.6 Å². The molecule has 0 spiro atoms. The second-order valence-electron chi connectivity index (χ2n) is 7.44. The van der Waals surface area contributed by atoms with Gasteiger partial charge in [-0.2, -0.15) is 9.36 Å². The molecule has 184 valence electrons. The van der Waals surface area contributed by atoms with Gasteiger partial charge in [0, 0.05) is 36.2 Å². The van der Waals surface area contributed by atoms with E-state index in [1.54, 1.807) is 36.9 Å². The molecule has 2 saturated heterocycles. The Hall–Kier alpha value is -3.17. The third-order valence-corrected chi connectivity index (χ3v) is 8.55. The highest BCUT2D eigenvalue weighted by atomic mass is 32.2. The number of amides is 2. The first kappa shape index (κ1) is 24.9. The van der Waals surface area contributed by atoms with Crippen LogP contribution in [-0.2, 0) is 19.2 Å². The number of carbonyl (C=O) groups excluding carboxylic acids is 2.